The van der Waals surface area contributed by atoms with E-state index in [1.54, 1.807) is 32.5 Å². The van der Waals surface area contributed by atoms with Gasteiger partial charge < -0.3 is 63.8 Å². The second-order valence-corrected chi connectivity index (χ2v) is 27.3. The minimum atomic E-state index is -4.22. The molecule has 0 bridgehead atoms. The first-order valence-electron chi connectivity index (χ1n) is 29.5. The van der Waals surface area contributed by atoms with Gasteiger partial charge in [-0.05, 0) is 113 Å². The molecule has 0 radical (unpaired) electrons. The lowest BCUT2D eigenvalue weighted by Gasteiger charge is -2.42. The quantitative estimate of drug-likeness (QED) is 0.0260. The molecule has 474 valence electrons. The van der Waals surface area contributed by atoms with Crippen LogP contribution in [0.25, 0.3) is 0 Å². The number of carbonyl (C=O) groups is 3. The van der Waals surface area contributed by atoms with Gasteiger partial charge in [-0.2, -0.15) is 0 Å². The van der Waals surface area contributed by atoms with Gasteiger partial charge in [0.1, 0.15) is 54.1 Å². The van der Waals surface area contributed by atoms with Crippen LogP contribution in [0, 0.1) is 0 Å². The predicted octanol–water partition coefficient (Wildman–Crippen LogP) is 6.83. The zero-order valence-corrected chi connectivity index (χ0v) is 53.1. The fourth-order valence-corrected chi connectivity index (χ4v) is 14.0. The minimum absolute atomic E-state index is 0.0268. The normalized spacial score (nSPS) is 26.3. The Morgan fingerprint density at radius 1 is 0.843 bits per heavy atom. The topological polar surface area (TPSA) is 285 Å². The molecule has 2 amide bonds. The summed E-state index contributed by atoms with van der Waals surface area (Å²) in [6.45, 7) is 23.1. The molecule has 3 saturated heterocycles. The average molecular weight is 1230 g/mol. The van der Waals surface area contributed by atoms with Crippen LogP contribution in [0.5, 0.6) is 0 Å². The largest absolute Gasteiger partial charge is 0.475 e. The van der Waals surface area contributed by atoms with Gasteiger partial charge in [0.05, 0.1) is 95.0 Å². The highest BCUT2D eigenvalue weighted by Gasteiger charge is 2.48. The van der Waals surface area contributed by atoms with Crippen LogP contribution in [0.2, 0.25) is 0 Å². The molecule has 5 rings (SSSR count). The van der Waals surface area contributed by atoms with Gasteiger partial charge in [-0.15, -0.1) is 5.10 Å². The van der Waals surface area contributed by atoms with Gasteiger partial charge in [0.25, 0.3) is 0 Å². The zero-order valence-electron chi connectivity index (χ0n) is 50.6. The van der Waals surface area contributed by atoms with E-state index in [0.29, 0.717) is 103 Å². The van der Waals surface area contributed by atoms with Gasteiger partial charge in [-0.1, -0.05) is 45.0 Å². The van der Waals surface area contributed by atoms with Crippen LogP contribution in [0.1, 0.15) is 145 Å². The Morgan fingerprint density at radius 3 is 2.23 bits per heavy atom. The molecule has 0 spiro atoms. The molecule has 23 nitrogen and oxygen atoms in total. The smallest absolute Gasteiger partial charge is 0.394 e. The molecule has 8 unspecified atom stereocenters. The van der Waals surface area contributed by atoms with Gasteiger partial charge in [0.2, 0.25) is 11.8 Å². The van der Waals surface area contributed by atoms with Gasteiger partial charge in [-0.25, -0.2) is 9.25 Å². The van der Waals surface area contributed by atoms with Gasteiger partial charge >= 0.3 is 7.82 Å². The van der Waals surface area contributed by atoms with Crippen molar-refractivity contribution in [2.24, 2.45) is 0 Å². The molecule has 14 atom stereocenters. The highest BCUT2D eigenvalue weighted by molar-refractivity contribution is 8.77. The van der Waals surface area contributed by atoms with Crippen molar-refractivity contribution in [1.82, 2.24) is 25.6 Å². The number of ether oxygens (including phenoxy) is 8. The number of aliphatic hydroxyl groups is 3. The Kier molecular flexibility index (Phi) is 30.8. The van der Waals surface area contributed by atoms with Gasteiger partial charge in [0, 0.05) is 61.9 Å². The average Bonchev–Trinajstić information content (AvgIpc) is 4.36. The molecule has 1 aromatic heterocycles. The number of nitrogens with one attached hydrogen (secondary N) is 2. The fraction of sp³-hybridized carbons (Fsp3) is 0.807. The van der Waals surface area contributed by atoms with Gasteiger partial charge in [0.15, 0.2) is 6.29 Å². The number of rotatable bonds is 40. The summed E-state index contributed by atoms with van der Waals surface area (Å²) in [7, 11) is -0.911. The first-order chi connectivity index (χ1) is 39.4. The van der Waals surface area contributed by atoms with Crippen molar-refractivity contribution in [2.75, 3.05) is 46.2 Å². The number of unbranched alkanes of at least 4 members (excludes halogenated alkanes) is 1. The number of amides is 2. The maximum Gasteiger partial charge on any atom is 0.475 e. The van der Waals surface area contributed by atoms with Crippen molar-refractivity contribution in [3.05, 3.63) is 41.7 Å². The molecule has 3 aliphatic rings. The van der Waals surface area contributed by atoms with E-state index in [1.807, 2.05) is 79.7 Å². The first-order valence-corrected chi connectivity index (χ1v) is 33.1. The van der Waals surface area contributed by atoms with Crippen LogP contribution in [-0.4, -0.2) is 191 Å². The second kappa shape index (κ2) is 36.0. The molecule has 2 aromatic rings. The van der Waals surface area contributed by atoms with E-state index in [0.717, 1.165) is 10.5 Å². The lowest BCUT2D eigenvalue weighted by molar-refractivity contribution is -0.270. The molecule has 5 N–H and O–H groups in total. The molecule has 4 heterocycles. The number of Topliss-reactive ketones (excluding diaryl/α,β-unsaturated/α-hetero) is 1. The number of hydrogen-bond donors (Lipinski definition) is 5. The zero-order chi connectivity index (χ0) is 60.7. The van der Waals surface area contributed by atoms with E-state index in [4.69, 9.17) is 51.5 Å². The number of nitrogens with zero attached hydrogens (tertiary/aromatic N) is 3. The number of hydrogen-bond acceptors (Lipinski definition) is 22. The highest BCUT2D eigenvalue weighted by Crippen LogP contribution is 2.55. The Bertz CT molecular complexity index is 2290. The third-order valence-corrected chi connectivity index (χ3v) is 19.1. The van der Waals surface area contributed by atoms with E-state index in [1.165, 1.54) is 6.92 Å². The highest BCUT2D eigenvalue weighted by atomic mass is 33.1. The molecule has 26 heteroatoms. The number of phosphoric acid groups is 1. The number of phosphoric ester groups is 1. The fourth-order valence-electron chi connectivity index (χ4n) is 9.87. The predicted molar refractivity (Wildman–Crippen MR) is 312 cm³/mol. The summed E-state index contributed by atoms with van der Waals surface area (Å²) in [6.07, 6.45) is -1.18. The van der Waals surface area contributed by atoms with Crippen LogP contribution < -0.4 is 10.6 Å². The third kappa shape index (κ3) is 25.2. The number of carbonyl (C=O) groups excluding carboxylic acids is 3. The summed E-state index contributed by atoms with van der Waals surface area (Å²) in [5, 5.41) is 43.9. The molecule has 83 heavy (non-hydrogen) atoms. The summed E-state index contributed by atoms with van der Waals surface area (Å²) in [5.74, 6) is -0.423. The minimum Gasteiger partial charge on any atom is -0.394 e. The summed E-state index contributed by atoms with van der Waals surface area (Å²) >= 11 is 0. The van der Waals surface area contributed by atoms with Crippen molar-refractivity contribution < 1.29 is 85.7 Å². The first kappa shape index (κ1) is 71.1. The maximum atomic E-state index is 14.9. The molecule has 3 aliphatic heterocycles. The molecule has 1 aromatic carbocycles. The Balaban J connectivity index is 0.952. The third-order valence-electron chi connectivity index (χ3n) is 14.0. The van der Waals surface area contributed by atoms with E-state index in [9.17, 15) is 34.3 Å². The van der Waals surface area contributed by atoms with Gasteiger partial charge in [-0.3, -0.25) is 28.0 Å². The summed E-state index contributed by atoms with van der Waals surface area (Å²) in [4.78, 5) is 38.0. The van der Waals surface area contributed by atoms with Crippen LogP contribution >= 0.6 is 29.4 Å². The van der Waals surface area contributed by atoms with Crippen LogP contribution in [0.3, 0.4) is 0 Å². The standard InChI is InChI=1S/C57H96N5O18PS2/c1-36(2)74-40(7)54-47(32-39(6)76-54)80-81(69,79-41(8)55-46(75-37(3)4)31-38(5)77-55)73-27-22-43-17-12-13-20-49(43)82-83-57(10,11)23-21-50(66)58-33-44-34-62(61-60-44)24-28-71-30-29-70-25-16-19-45(65)18-14-15-26-72-56-51(59-42(9)64)53(68)52(67)48(35-63)78-56/h12-13,17,20,34,36-41,46-48,51-56,63,67-68H,14-16,18-19,21-33,35H2,1-11H3,(H,58,66)(H,59,64)/t38-,39-,40?,41?,46+,47+,48?,51?,52?,53?,54+,55+,56?,81?/m0/s1. The lowest BCUT2D eigenvalue weighted by atomic mass is 9.97. The van der Waals surface area contributed by atoms with Crippen molar-refractivity contribution >= 4 is 47.0 Å². The van der Waals surface area contributed by atoms with E-state index in [-0.39, 0.29) is 72.8 Å². The monoisotopic (exact) mass is 1230 g/mol. The van der Waals surface area contributed by atoms with Crippen LogP contribution in [0.15, 0.2) is 35.4 Å². The summed E-state index contributed by atoms with van der Waals surface area (Å²) in [6, 6.07) is 7.02. The van der Waals surface area contributed by atoms with E-state index < -0.39 is 75.4 Å². The molecular weight excluding hydrogens is 1140 g/mol. The van der Waals surface area contributed by atoms with Crippen molar-refractivity contribution in [3.8, 4) is 0 Å². The maximum absolute atomic E-state index is 14.9. The number of aliphatic hydroxyl groups excluding tert-OH is 3. The van der Waals surface area contributed by atoms with Crippen molar-refractivity contribution in [1.29, 1.82) is 0 Å². The Morgan fingerprint density at radius 2 is 1.53 bits per heavy atom. The second-order valence-electron chi connectivity index (χ2n) is 22.8. The van der Waals surface area contributed by atoms with Crippen LogP contribution in [-0.2, 0) is 89.9 Å². The van der Waals surface area contributed by atoms with E-state index in [2.05, 4.69) is 34.8 Å². The van der Waals surface area contributed by atoms with Crippen molar-refractivity contribution in [3.63, 3.8) is 0 Å². The molecule has 0 aliphatic carbocycles. The summed E-state index contributed by atoms with van der Waals surface area (Å²) < 4.78 is 82.6. The van der Waals surface area contributed by atoms with Crippen LogP contribution in [0.4, 0.5) is 0 Å². The molecule has 3 fully saturated rings. The number of benzene rings is 1. The molecular formula is C57H96N5O18PS2. The summed E-state index contributed by atoms with van der Waals surface area (Å²) in [5.41, 5.74) is 1.63. The molecule has 0 saturated carbocycles. The Labute approximate surface area is 499 Å². The lowest BCUT2D eigenvalue weighted by Crippen LogP contribution is -2.64. The van der Waals surface area contributed by atoms with E-state index >= 15 is 0 Å². The SMILES string of the molecule is CC(=O)NC1C(OCCCCC(=O)CCCOCCOCCn2cc(CNC(=O)CCC(C)(C)SSc3ccccc3CCOP(=O)(OC(C)[C@H]3O[C@@H](C)C[C@H]3OC(C)C)O[C@@H]3C[C@H](C)O[C@@H]3C(C)OC(C)C)nn2)OC(CO)C(O)C1O. The number of ketones is 1. The van der Waals surface area contributed by atoms with Crippen molar-refractivity contribution in [2.45, 2.75) is 255 Å². The number of aromatic nitrogens is 3. The Hall–Kier alpha value is -2.66.